The molecular formula is C2H12N4O8P2. The summed E-state index contributed by atoms with van der Waals surface area (Å²) in [5.74, 6) is 18.2. The summed E-state index contributed by atoms with van der Waals surface area (Å²) in [6, 6.07) is 0. The van der Waals surface area contributed by atoms with Gasteiger partial charge in [-0.25, -0.2) is 32.7 Å². The van der Waals surface area contributed by atoms with E-state index in [4.69, 9.17) is 0 Å². The Kier molecular flexibility index (Phi) is 7.43. The minimum atomic E-state index is -4.04. The van der Waals surface area contributed by atoms with Crippen LogP contribution in [0.15, 0.2) is 0 Å². The van der Waals surface area contributed by atoms with E-state index in [9.17, 15) is 9.13 Å². The molecule has 0 saturated heterocycles. The first-order chi connectivity index (χ1) is 7.45. The highest BCUT2D eigenvalue weighted by Crippen LogP contribution is 2.47. The van der Waals surface area contributed by atoms with Crippen LogP contribution in [0.25, 0.3) is 0 Å². The number of rotatable bonds is 9. The van der Waals surface area contributed by atoms with Crippen molar-refractivity contribution in [2.45, 2.75) is 0 Å². The van der Waals surface area contributed by atoms with Crippen molar-refractivity contribution in [1.29, 1.82) is 0 Å². The van der Waals surface area contributed by atoms with Crippen molar-refractivity contribution < 1.29 is 36.7 Å². The Morgan fingerprint density at radius 1 is 0.688 bits per heavy atom. The lowest BCUT2D eigenvalue weighted by molar-refractivity contribution is 0.0753. The largest absolute Gasteiger partial charge is 0.507 e. The van der Waals surface area contributed by atoms with Gasteiger partial charge in [0.05, 0.1) is 13.2 Å². The molecule has 0 rings (SSSR count). The molecule has 8 N–H and O–H groups in total. The number of hydrogen-bond acceptors (Lipinski definition) is 12. The lowest BCUT2D eigenvalue weighted by Crippen LogP contribution is -2.13. The normalized spacial score (nSPS) is 13.0. The van der Waals surface area contributed by atoms with E-state index in [-0.39, 0.29) is 0 Å². The van der Waals surface area contributed by atoms with Crippen molar-refractivity contribution >= 4 is 15.6 Å². The molecule has 98 valence electrons. The van der Waals surface area contributed by atoms with Crippen LogP contribution in [0.5, 0.6) is 0 Å². The summed E-state index contributed by atoms with van der Waals surface area (Å²) in [5, 5.41) is 0. The molecular weight excluding hydrogens is 270 g/mol. The highest BCUT2D eigenvalue weighted by atomic mass is 31.2. The van der Waals surface area contributed by atoms with E-state index < -0.39 is 28.9 Å². The first-order valence-corrected chi connectivity index (χ1v) is 6.40. The van der Waals surface area contributed by atoms with Gasteiger partial charge in [0, 0.05) is 0 Å². The monoisotopic (exact) mass is 282 g/mol. The van der Waals surface area contributed by atoms with Crippen LogP contribution in [0.4, 0.5) is 0 Å². The maximum atomic E-state index is 11.1. The van der Waals surface area contributed by atoms with Gasteiger partial charge in [-0.15, -0.1) is 0 Å². The third-order valence-corrected chi connectivity index (χ3v) is 3.13. The third-order valence-electron chi connectivity index (χ3n) is 1.10. The molecule has 0 heterocycles. The van der Waals surface area contributed by atoms with Gasteiger partial charge >= 0.3 is 15.6 Å². The average molecular weight is 282 g/mol. The second-order valence-electron chi connectivity index (χ2n) is 1.98. The third kappa shape index (κ3) is 5.41. The van der Waals surface area contributed by atoms with Crippen molar-refractivity contribution in [2.24, 2.45) is 23.6 Å². The Hall–Kier alpha value is 0.0600. The Morgan fingerprint density at radius 2 is 0.938 bits per heavy atom. The molecule has 0 bridgehead atoms. The van der Waals surface area contributed by atoms with Gasteiger partial charge in [-0.05, 0) is 0 Å². The van der Waals surface area contributed by atoms with Crippen molar-refractivity contribution in [2.75, 3.05) is 13.2 Å². The molecule has 0 amide bonds. The van der Waals surface area contributed by atoms with Crippen LogP contribution in [0.3, 0.4) is 0 Å². The van der Waals surface area contributed by atoms with Gasteiger partial charge in [-0.2, -0.15) is 18.5 Å². The lowest BCUT2D eigenvalue weighted by atomic mass is 10.8. The quantitative estimate of drug-likeness (QED) is 0.224. The minimum absolute atomic E-state index is 0.414. The summed E-state index contributed by atoms with van der Waals surface area (Å²) < 4.78 is 46.3. The molecule has 16 heavy (non-hydrogen) atoms. The maximum Gasteiger partial charge on any atom is 0.507 e. The van der Waals surface area contributed by atoms with Crippen LogP contribution in [0.1, 0.15) is 0 Å². The Morgan fingerprint density at radius 3 is 1.12 bits per heavy atom. The predicted octanol–water partition coefficient (Wildman–Crippen LogP) is -1.20. The summed E-state index contributed by atoms with van der Waals surface area (Å²) >= 11 is 0. The molecule has 0 radical (unpaired) electrons. The van der Waals surface area contributed by atoms with E-state index in [0.29, 0.717) is 0 Å². The molecule has 14 heteroatoms. The number of phosphoric acid groups is 2. The number of nitrogens with two attached hydrogens (primary N) is 4. The summed E-state index contributed by atoms with van der Waals surface area (Å²) in [5.41, 5.74) is 0. The van der Waals surface area contributed by atoms with Crippen molar-refractivity contribution in [3.8, 4) is 0 Å². The Balaban J connectivity index is 3.92. The van der Waals surface area contributed by atoms with E-state index in [0.717, 1.165) is 0 Å². The van der Waals surface area contributed by atoms with Gasteiger partial charge in [0.15, 0.2) is 0 Å². The summed E-state index contributed by atoms with van der Waals surface area (Å²) in [7, 11) is -8.08. The zero-order valence-corrected chi connectivity index (χ0v) is 9.67. The van der Waals surface area contributed by atoms with Gasteiger partial charge in [-0.3, -0.25) is 9.05 Å². The molecule has 0 aliphatic carbocycles. The Bertz CT molecular complexity index is 241. The van der Waals surface area contributed by atoms with Gasteiger partial charge < -0.3 is 0 Å². The van der Waals surface area contributed by atoms with E-state index in [2.05, 4.69) is 51.1 Å². The molecule has 0 aromatic rings. The molecule has 0 aliphatic heterocycles. The van der Waals surface area contributed by atoms with Gasteiger partial charge in [-0.1, -0.05) is 0 Å². The average Bonchev–Trinajstić information content (AvgIpc) is 2.34. The summed E-state index contributed by atoms with van der Waals surface area (Å²) in [6.07, 6.45) is 0. The van der Waals surface area contributed by atoms with E-state index in [1.165, 1.54) is 0 Å². The van der Waals surface area contributed by atoms with Gasteiger partial charge in [0.25, 0.3) is 0 Å². The fourth-order valence-corrected chi connectivity index (χ4v) is 1.41. The van der Waals surface area contributed by atoms with Crippen LogP contribution in [-0.2, 0) is 36.7 Å². The van der Waals surface area contributed by atoms with Crippen LogP contribution in [0.2, 0.25) is 0 Å². The molecule has 0 aromatic heterocycles. The smallest absolute Gasteiger partial charge is 0.282 e. The van der Waals surface area contributed by atoms with Crippen molar-refractivity contribution in [1.82, 2.24) is 0 Å². The summed E-state index contributed by atoms with van der Waals surface area (Å²) in [4.78, 5) is 0. The topological polar surface area (TPSA) is 194 Å². The lowest BCUT2D eigenvalue weighted by Gasteiger charge is -2.13. The maximum absolute atomic E-state index is 11.1. The van der Waals surface area contributed by atoms with Crippen LogP contribution < -0.4 is 23.6 Å². The van der Waals surface area contributed by atoms with E-state index in [1.54, 1.807) is 0 Å². The van der Waals surface area contributed by atoms with Gasteiger partial charge in [0.2, 0.25) is 0 Å². The first-order valence-electron chi connectivity index (χ1n) is 3.48. The van der Waals surface area contributed by atoms with E-state index >= 15 is 0 Å². The van der Waals surface area contributed by atoms with Crippen LogP contribution in [-0.4, -0.2) is 13.2 Å². The second-order valence-corrected chi connectivity index (χ2v) is 5.13. The fourth-order valence-electron chi connectivity index (χ4n) is 0.470. The van der Waals surface area contributed by atoms with Crippen molar-refractivity contribution in [3.63, 3.8) is 0 Å². The van der Waals surface area contributed by atoms with Crippen LogP contribution >= 0.6 is 15.6 Å². The molecule has 12 nitrogen and oxygen atoms in total. The minimum Gasteiger partial charge on any atom is -0.282 e. The molecule has 0 atom stereocenters. The first kappa shape index (κ1) is 16.1. The summed E-state index contributed by atoms with van der Waals surface area (Å²) in [6.45, 7) is -0.829. The predicted molar refractivity (Wildman–Crippen MR) is 48.2 cm³/mol. The van der Waals surface area contributed by atoms with E-state index in [1.807, 2.05) is 0 Å². The van der Waals surface area contributed by atoms with Crippen molar-refractivity contribution in [3.05, 3.63) is 0 Å². The zero-order chi connectivity index (χ0) is 12.7. The highest BCUT2D eigenvalue weighted by Gasteiger charge is 2.28. The molecule has 0 saturated carbocycles. The van der Waals surface area contributed by atoms with Crippen LogP contribution in [0, 0.1) is 0 Å². The molecule has 0 aromatic carbocycles. The molecule has 0 fully saturated rings. The molecule has 0 spiro atoms. The number of hydrogen-bond donors (Lipinski definition) is 4. The highest BCUT2D eigenvalue weighted by molar-refractivity contribution is 7.48. The fraction of sp³-hybridized carbons (Fsp3) is 1.00. The zero-order valence-electron chi connectivity index (χ0n) is 7.88. The molecule has 0 unspecified atom stereocenters. The second kappa shape index (κ2) is 7.40. The SMILES string of the molecule is NOP(=O)(ON)OCCOP(=O)(ON)ON. The van der Waals surface area contributed by atoms with Gasteiger partial charge in [0.1, 0.15) is 0 Å². The standard InChI is InChI=1S/C2H12N4O8P2/c3-11-15(7,12-4)9-1-2-10-16(8,13-5)14-6/h1-6H2. The Labute approximate surface area is 90.1 Å². The molecule has 0 aliphatic rings.